The maximum Gasteiger partial charge on any atom is 0.224 e. The van der Waals surface area contributed by atoms with Crippen molar-refractivity contribution in [3.63, 3.8) is 0 Å². The number of carbonyl (C=O) groups excluding carboxylic acids is 1. The van der Waals surface area contributed by atoms with Gasteiger partial charge in [-0.3, -0.25) is 4.79 Å². The maximum atomic E-state index is 12.5. The van der Waals surface area contributed by atoms with Crippen LogP contribution in [0.1, 0.15) is 51.4 Å². The van der Waals surface area contributed by atoms with Crippen molar-refractivity contribution in [2.45, 2.75) is 57.4 Å². The molecule has 1 aromatic heterocycles. The van der Waals surface area contributed by atoms with Gasteiger partial charge in [-0.1, -0.05) is 25.3 Å². The predicted octanol–water partition coefficient (Wildman–Crippen LogP) is 4.25. The van der Waals surface area contributed by atoms with Crippen molar-refractivity contribution < 1.29 is 4.79 Å². The summed E-state index contributed by atoms with van der Waals surface area (Å²) in [7, 11) is 0. The smallest absolute Gasteiger partial charge is 0.224 e. The van der Waals surface area contributed by atoms with E-state index in [-0.39, 0.29) is 5.91 Å². The first-order valence-electron chi connectivity index (χ1n) is 10.4. The largest absolute Gasteiger partial charge is 0.326 e. The summed E-state index contributed by atoms with van der Waals surface area (Å²) in [5.41, 5.74) is 1.80. The van der Waals surface area contributed by atoms with E-state index in [2.05, 4.69) is 15.3 Å². The van der Waals surface area contributed by atoms with Crippen molar-refractivity contribution in [3.8, 4) is 5.69 Å². The summed E-state index contributed by atoms with van der Waals surface area (Å²) < 4.78 is 1.80. The second-order valence-corrected chi connectivity index (χ2v) is 8.02. The van der Waals surface area contributed by atoms with Crippen molar-refractivity contribution in [2.75, 3.05) is 18.4 Å². The minimum absolute atomic E-state index is 0.128. The van der Waals surface area contributed by atoms with Gasteiger partial charge in [0.1, 0.15) is 0 Å². The van der Waals surface area contributed by atoms with Crippen LogP contribution in [-0.2, 0) is 4.79 Å². The molecule has 2 aliphatic rings. The highest BCUT2D eigenvalue weighted by atomic mass is 16.1. The van der Waals surface area contributed by atoms with Crippen LogP contribution in [0.15, 0.2) is 42.7 Å². The van der Waals surface area contributed by atoms with Crippen LogP contribution in [0, 0.1) is 5.92 Å². The molecule has 0 unspecified atom stereocenters. The Morgan fingerprint density at radius 1 is 1.07 bits per heavy atom. The third-order valence-corrected chi connectivity index (χ3v) is 6.11. The van der Waals surface area contributed by atoms with Gasteiger partial charge in [-0.15, -0.1) is 0 Å². The van der Waals surface area contributed by atoms with Gasteiger partial charge in [-0.2, -0.15) is 5.10 Å². The van der Waals surface area contributed by atoms with Crippen LogP contribution >= 0.6 is 0 Å². The molecular formula is C22H30N4O. The first kappa shape index (κ1) is 18.2. The zero-order chi connectivity index (χ0) is 18.5. The Labute approximate surface area is 161 Å². The van der Waals surface area contributed by atoms with Crippen LogP contribution in [0.2, 0.25) is 0 Å². The summed E-state index contributed by atoms with van der Waals surface area (Å²) in [4.78, 5) is 15.2. The van der Waals surface area contributed by atoms with Gasteiger partial charge in [0.05, 0.1) is 5.69 Å². The van der Waals surface area contributed by atoms with Crippen LogP contribution in [0.25, 0.3) is 5.69 Å². The fourth-order valence-electron chi connectivity index (χ4n) is 4.59. The quantitative estimate of drug-likeness (QED) is 0.861. The van der Waals surface area contributed by atoms with E-state index >= 15 is 0 Å². The summed E-state index contributed by atoms with van der Waals surface area (Å²) in [6.07, 6.45) is 13.5. The molecule has 4 rings (SSSR count). The molecule has 2 heterocycles. The molecule has 144 valence electrons. The number of nitrogens with one attached hydrogen (secondary N) is 1. The number of nitrogens with zero attached hydrogens (tertiary/aromatic N) is 3. The molecule has 2 fully saturated rings. The van der Waals surface area contributed by atoms with Crippen LogP contribution < -0.4 is 5.32 Å². The lowest BCUT2D eigenvalue weighted by Crippen LogP contribution is -2.42. The number of likely N-dealkylation sites (tertiary alicyclic amines) is 1. The van der Waals surface area contributed by atoms with E-state index in [4.69, 9.17) is 0 Å². The highest BCUT2D eigenvalue weighted by Crippen LogP contribution is 2.28. The van der Waals surface area contributed by atoms with Crippen molar-refractivity contribution in [3.05, 3.63) is 42.7 Å². The number of carbonyl (C=O) groups is 1. The van der Waals surface area contributed by atoms with E-state index in [1.54, 1.807) is 10.9 Å². The zero-order valence-corrected chi connectivity index (χ0v) is 16.0. The van der Waals surface area contributed by atoms with Gasteiger partial charge in [0.2, 0.25) is 5.91 Å². The van der Waals surface area contributed by atoms with E-state index in [9.17, 15) is 4.79 Å². The second-order valence-electron chi connectivity index (χ2n) is 8.02. The summed E-state index contributed by atoms with van der Waals surface area (Å²) >= 11 is 0. The lowest BCUT2D eigenvalue weighted by atomic mass is 9.89. The minimum atomic E-state index is 0.128. The Morgan fingerprint density at radius 3 is 2.63 bits per heavy atom. The molecule has 27 heavy (non-hydrogen) atoms. The van der Waals surface area contributed by atoms with Gasteiger partial charge in [0.25, 0.3) is 0 Å². The summed E-state index contributed by atoms with van der Waals surface area (Å²) in [5, 5.41) is 7.32. The lowest BCUT2D eigenvalue weighted by Gasteiger charge is -2.39. The average Bonchev–Trinajstić information content (AvgIpc) is 3.24. The third-order valence-electron chi connectivity index (χ3n) is 6.11. The Balaban J connectivity index is 1.26. The fourth-order valence-corrected chi connectivity index (χ4v) is 4.59. The normalized spacial score (nSPS) is 19.9. The molecule has 1 aliphatic carbocycles. The van der Waals surface area contributed by atoms with Crippen LogP contribution in [0.5, 0.6) is 0 Å². The molecule has 0 atom stereocenters. The van der Waals surface area contributed by atoms with Crippen molar-refractivity contribution in [2.24, 2.45) is 5.92 Å². The van der Waals surface area contributed by atoms with Gasteiger partial charge < -0.3 is 10.2 Å². The number of aromatic nitrogens is 2. The molecule has 0 spiro atoms. The Bertz CT molecular complexity index is 729. The number of piperidine rings is 1. The topological polar surface area (TPSA) is 50.2 Å². The van der Waals surface area contributed by atoms with Gasteiger partial charge in [0.15, 0.2) is 0 Å². The second kappa shape index (κ2) is 8.70. The van der Waals surface area contributed by atoms with Crippen molar-refractivity contribution in [1.82, 2.24) is 14.7 Å². The highest BCUT2D eigenvalue weighted by molar-refractivity contribution is 5.91. The van der Waals surface area contributed by atoms with E-state index in [1.807, 2.05) is 36.5 Å². The van der Waals surface area contributed by atoms with E-state index in [0.717, 1.165) is 43.3 Å². The average molecular weight is 367 g/mol. The van der Waals surface area contributed by atoms with E-state index in [1.165, 1.54) is 32.1 Å². The lowest BCUT2D eigenvalue weighted by molar-refractivity contribution is -0.117. The molecule has 2 aromatic rings. The number of rotatable bonds is 5. The van der Waals surface area contributed by atoms with Crippen LogP contribution in [0.4, 0.5) is 5.69 Å². The van der Waals surface area contributed by atoms with Gasteiger partial charge in [-0.25, -0.2) is 4.68 Å². The highest BCUT2D eigenvalue weighted by Gasteiger charge is 2.27. The summed E-state index contributed by atoms with van der Waals surface area (Å²) in [5.74, 6) is 0.642. The van der Waals surface area contributed by atoms with Crippen molar-refractivity contribution in [1.29, 1.82) is 0 Å². The SMILES string of the molecule is O=C(CC1CCN(C2CCCCC2)CC1)Nc1cccc(-n2cccn2)c1. The van der Waals surface area contributed by atoms with E-state index in [0.29, 0.717) is 12.3 Å². The fraction of sp³-hybridized carbons (Fsp3) is 0.545. The standard InChI is InChI=1S/C22H30N4O/c27-22(24-19-6-4-9-21(17-19)26-13-5-12-23-26)16-18-10-14-25(15-11-18)20-7-2-1-3-8-20/h4-6,9,12-13,17-18,20H,1-3,7-8,10-11,14-16H2,(H,24,27). The third kappa shape index (κ3) is 4.78. The molecule has 5 heteroatoms. The molecule has 1 saturated carbocycles. The number of hydrogen-bond acceptors (Lipinski definition) is 3. The van der Waals surface area contributed by atoms with Crippen LogP contribution in [-0.4, -0.2) is 39.7 Å². The molecule has 1 aromatic carbocycles. The molecule has 0 radical (unpaired) electrons. The molecule has 1 N–H and O–H groups in total. The molecule has 5 nitrogen and oxygen atoms in total. The number of anilines is 1. The molecule has 1 saturated heterocycles. The Morgan fingerprint density at radius 2 is 1.89 bits per heavy atom. The molecule has 1 amide bonds. The maximum absolute atomic E-state index is 12.5. The first-order valence-corrected chi connectivity index (χ1v) is 10.4. The molecule has 0 bridgehead atoms. The number of hydrogen-bond donors (Lipinski definition) is 1. The summed E-state index contributed by atoms with van der Waals surface area (Å²) in [6.45, 7) is 2.33. The number of amides is 1. The van der Waals surface area contributed by atoms with Crippen LogP contribution in [0.3, 0.4) is 0 Å². The minimum Gasteiger partial charge on any atom is -0.326 e. The number of benzene rings is 1. The summed E-state index contributed by atoms with van der Waals surface area (Å²) in [6, 6.07) is 10.6. The Kier molecular flexibility index (Phi) is 5.87. The zero-order valence-electron chi connectivity index (χ0n) is 16.0. The van der Waals surface area contributed by atoms with Gasteiger partial charge in [0, 0.05) is 30.5 Å². The van der Waals surface area contributed by atoms with Crippen molar-refractivity contribution >= 4 is 11.6 Å². The molecular weight excluding hydrogens is 336 g/mol. The van der Waals surface area contributed by atoms with Gasteiger partial charge >= 0.3 is 0 Å². The molecule has 1 aliphatic heterocycles. The Hall–Kier alpha value is -2.14. The predicted molar refractivity (Wildman–Crippen MR) is 108 cm³/mol. The van der Waals surface area contributed by atoms with Gasteiger partial charge in [-0.05, 0) is 69.0 Å². The monoisotopic (exact) mass is 366 g/mol. The first-order chi connectivity index (χ1) is 13.3. The van der Waals surface area contributed by atoms with E-state index < -0.39 is 0 Å².